The Balaban J connectivity index is 2.45. The van der Waals surface area contributed by atoms with E-state index >= 15 is 0 Å². The molecular weight excluding hydrogens is 222 g/mol. The Bertz CT molecular complexity index is 454. The summed E-state index contributed by atoms with van der Waals surface area (Å²) < 4.78 is 1.52. The normalized spacial score (nSPS) is 13.9. The first-order valence-electron chi connectivity index (χ1n) is 5.76. The van der Waals surface area contributed by atoms with Gasteiger partial charge < -0.3 is 4.90 Å². The van der Waals surface area contributed by atoms with Crippen molar-refractivity contribution in [1.29, 1.82) is 0 Å². The average molecular weight is 239 g/mol. The minimum atomic E-state index is -0.267. The van der Waals surface area contributed by atoms with E-state index < -0.39 is 0 Å². The van der Waals surface area contributed by atoms with Crippen LogP contribution in [0.15, 0.2) is 4.79 Å². The Kier molecular flexibility index (Phi) is 3.28. The Morgan fingerprint density at radius 2 is 2.00 bits per heavy atom. The zero-order chi connectivity index (χ0) is 12.4. The molecule has 2 rings (SSSR count). The summed E-state index contributed by atoms with van der Waals surface area (Å²) in [6.07, 6.45) is 0. The Labute approximate surface area is 99.6 Å². The van der Waals surface area contributed by atoms with Crippen LogP contribution in [0.3, 0.4) is 0 Å². The molecular formula is C10H17N5O2. The Hall–Kier alpha value is -1.63. The van der Waals surface area contributed by atoms with E-state index in [1.165, 1.54) is 4.57 Å². The fourth-order valence-corrected chi connectivity index (χ4v) is 1.90. The first-order chi connectivity index (χ1) is 8.21. The third-order valence-corrected chi connectivity index (χ3v) is 2.88. The molecule has 94 valence electrons. The lowest BCUT2D eigenvalue weighted by molar-refractivity contribution is 0.172. The highest BCUT2D eigenvalue weighted by molar-refractivity contribution is 5.38. The van der Waals surface area contributed by atoms with Crippen LogP contribution < -0.4 is 15.7 Å². The van der Waals surface area contributed by atoms with Gasteiger partial charge in [0.1, 0.15) is 0 Å². The van der Waals surface area contributed by atoms with Gasteiger partial charge in [0.25, 0.3) is 0 Å². The van der Waals surface area contributed by atoms with Crippen molar-refractivity contribution in [3.63, 3.8) is 0 Å². The number of fused-ring (bicyclic) bond motifs is 1. The summed E-state index contributed by atoms with van der Waals surface area (Å²) in [5, 5.41) is 1.61. The van der Waals surface area contributed by atoms with Crippen LogP contribution in [0.1, 0.15) is 13.8 Å². The first kappa shape index (κ1) is 11.8. The zero-order valence-corrected chi connectivity index (χ0v) is 10.4. The molecule has 0 aromatic carbocycles. The van der Waals surface area contributed by atoms with Crippen molar-refractivity contribution >= 4 is 11.9 Å². The lowest BCUT2D eigenvalue weighted by Gasteiger charge is -2.20. The topological polar surface area (TPSA) is 63.5 Å². The number of aromatic nitrogens is 3. The minimum Gasteiger partial charge on any atom is -0.341 e. The molecule has 0 bridgehead atoms. The maximum Gasteiger partial charge on any atom is 0.353 e. The van der Waals surface area contributed by atoms with Crippen molar-refractivity contribution in [2.75, 3.05) is 36.7 Å². The fourth-order valence-electron chi connectivity index (χ4n) is 1.90. The van der Waals surface area contributed by atoms with Crippen LogP contribution in [0.2, 0.25) is 0 Å². The van der Waals surface area contributed by atoms with Gasteiger partial charge in [0, 0.05) is 13.1 Å². The molecule has 0 amide bonds. The van der Waals surface area contributed by atoms with Crippen LogP contribution in [0.25, 0.3) is 0 Å². The van der Waals surface area contributed by atoms with Gasteiger partial charge in [-0.1, -0.05) is 0 Å². The highest BCUT2D eigenvalue weighted by Gasteiger charge is 2.24. The quantitative estimate of drug-likeness (QED) is 0.729. The van der Waals surface area contributed by atoms with Crippen molar-refractivity contribution in [3.05, 3.63) is 10.5 Å². The maximum atomic E-state index is 11.8. The molecule has 1 aromatic rings. The number of hydrogen-bond acceptors (Lipinski definition) is 6. The second-order valence-electron chi connectivity index (χ2n) is 3.71. The average Bonchev–Trinajstić information content (AvgIpc) is 2.74. The lowest BCUT2D eigenvalue weighted by atomic mass is 10.5. The fraction of sp³-hybridized carbons (Fsp3) is 0.700. The van der Waals surface area contributed by atoms with Crippen LogP contribution in [-0.2, 0) is 11.4 Å². The second-order valence-corrected chi connectivity index (χ2v) is 3.71. The number of rotatable bonds is 4. The summed E-state index contributed by atoms with van der Waals surface area (Å²) in [5.41, 5.74) is -0.267. The number of nitrogens with zero attached hydrogens (tertiary/aromatic N) is 5. The maximum absolute atomic E-state index is 11.8. The van der Waals surface area contributed by atoms with Gasteiger partial charge in [-0.2, -0.15) is 9.97 Å². The molecule has 0 atom stereocenters. The summed E-state index contributed by atoms with van der Waals surface area (Å²) in [4.78, 5) is 27.3. The summed E-state index contributed by atoms with van der Waals surface area (Å²) in [6.45, 7) is 6.75. The third-order valence-electron chi connectivity index (χ3n) is 2.88. The first-order valence-corrected chi connectivity index (χ1v) is 5.76. The van der Waals surface area contributed by atoms with Gasteiger partial charge in [-0.3, -0.25) is 9.40 Å². The highest BCUT2D eigenvalue weighted by atomic mass is 16.7. The van der Waals surface area contributed by atoms with E-state index in [1.54, 1.807) is 12.2 Å². The second kappa shape index (κ2) is 4.70. The lowest BCUT2D eigenvalue weighted by Crippen LogP contribution is -2.31. The predicted molar refractivity (Wildman–Crippen MR) is 64.2 cm³/mol. The molecule has 0 N–H and O–H groups in total. The van der Waals surface area contributed by atoms with Gasteiger partial charge in [0.05, 0.1) is 20.2 Å². The van der Waals surface area contributed by atoms with Crippen molar-refractivity contribution in [2.45, 2.75) is 20.4 Å². The molecule has 2 heterocycles. The number of hydroxylamine groups is 1. The molecule has 1 aliphatic heterocycles. The SMILES string of the molecule is CCN(CC)c1nc2n(c(=O)n1)CCN2OC. The molecule has 0 unspecified atom stereocenters. The van der Waals surface area contributed by atoms with Crippen LogP contribution in [0.4, 0.5) is 11.9 Å². The van der Waals surface area contributed by atoms with E-state index in [1.807, 2.05) is 18.7 Å². The summed E-state index contributed by atoms with van der Waals surface area (Å²) in [6, 6.07) is 0. The number of hydrogen-bond donors (Lipinski definition) is 0. The summed E-state index contributed by atoms with van der Waals surface area (Å²) in [7, 11) is 1.57. The molecule has 1 aliphatic rings. The van der Waals surface area contributed by atoms with Crippen molar-refractivity contribution in [3.8, 4) is 0 Å². The molecule has 0 saturated heterocycles. The summed E-state index contributed by atoms with van der Waals surface area (Å²) >= 11 is 0. The van der Waals surface area contributed by atoms with Gasteiger partial charge in [-0.25, -0.2) is 9.86 Å². The predicted octanol–water partition coefficient (Wildman–Crippen LogP) is -0.134. The molecule has 0 fully saturated rings. The Morgan fingerprint density at radius 3 is 2.59 bits per heavy atom. The van der Waals surface area contributed by atoms with Crippen LogP contribution in [-0.4, -0.2) is 41.3 Å². The van der Waals surface area contributed by atoms with Gasteiger partial charge in [-0.05, 0) is 13.8 Å². The molecule has 17 heavy (non-hydrogen) atoms. The molecule has 7 heteroatoms. The van der Waals surface area contributed by atoms with Crippen LogP contribution >= 0.6 is 0 Å². The molecule has 0 saturated carbocycles. The molecule has 7 nitrogen and oxygen atoms in total. The summed E-state index contributed by atoms with van der Waals surface area (Å²) in [5.74, 6) is 1.00. The van der Waals surface area contributed by atoms with Crippen LogP contribution in [0, 0.1) is 0 Å². The largest absolute Gasteiger partial charge is 0.353 e. The molecule has 0 aliphatic carbocycles. The van der Waals surface area contributed by atoms with Crippen molar-refractivity contribution < 1.29 is 4.84 Å². The zero-order valence-electron chi connectivity index (χ0n) is 10.4. The van der Waals surface area contributed by atoms with E-state index in [0.29, 0.717) is 25.0 Å². The van der Waals surface area contributed by atoms with E-state index in [0.717, 1.165) is 13.1 Å². The van der Waals surface area contributed by atoms with Gasteiger partial charge in [0.2, 0.25) is 11.9 Å². The highest BCUT2D eigenvalue weighted by Crippen LogP contribution is 2.18. The van der Waals surface area contributed by atoms with Gasteiger partial charge >= 0.3 is 5.69 Å². The van der Waals surface area contributed by atoms with Crippen LogP contribution in [0.5, 0.6) is 0 Å². The molecule has 0 spiro atoms. The smallest absolute Gasteiger partial charge is 0.341 e. The Morgan fingerprint density at radius 1 is 1.29 bits per heavy atom. The van der Waals surface area contributed by atoms with E-state index in [2.05, 4.69) is 9.97 Å². The van der Waals surface area contributed by atoms with Gasteiger partial charge in [0.15, 0.2) is 0 Å². The molecule has 1 aromatic heterocycles. The third kappa shape index (κ3) is 1.97. The van der Waals surface area contributed by atoms with E-state index in [-0.39, 0.29) is 5.69 Å². The minimum absolute atomic E-state index is 0.267. The van der Waals surface area contributed by atoms with Crippen molar-refractivity contribution in [2.24, 2.45) is 0 Å². The van der Waals surface area contributed by atoms with Gasteiger partial charge in [-0.15, -0.1) is 0 Å². The number of anilines is 2. The standard InChI is InChI=1S/C10H17N5O2/c1-4-13(5-2)8-11-9-14(10(16)12-8)6-7-15(9)17-3/h4-7H2,1-3H3. The van der Waals surface area contributed by atoms with E-state index in [4.69, 9.17) is 4.84 Å². The monoisotopic (exact) mass is 239 g/mol. The van der Waals surface area contributed by atoms with E-state index in [9.17, 15) is 4.79 Å². The van der Waals surface area contributed by atoms with Crippen molar-refractivity contribution in [1.82, 2.24) is 14.5 Å². The molecule has 0 radical (unpaired) electrons.